The third-order valence-electron chi connectivity index (χ3n) is 4.91. The van der Waals surface area contributed by atoms with Crippen molar-refractivity contribution in [1.82, 2.24) is 15.0 Å². The number of thioether (sulfide) groups is 1. The maximum Gasteiger partial charge on any atom is 0.189 e. The van der Waals surface area contributed by atoms with Gasteiger partial charge in [-0.1, -0.05) is 47.6 Å². The van der Waals surface area contributed by atoms with Crippen LogP contribution >= 0.6 is 23.4 Å². The highest BCUT2D eigenvalue weighted by molar-refractivity contribution is 7.98. The summed E-state index contributed by atoms with van der Waals surface area (Å²) >= 11 is 7.90. The van der Waals surface area contributed by atoms with Gasteiger partial charge in [0.25, 0.3) is 0 Å². The number of anilines is 3. The Morgan fingerprint density at radius 3 is 2.69 bits per heavy atom. The largest absolute Gasteiger partial charge is 0.349 e. The van der Waals surface area contributed by atoms with Crippen LogP contribution in [0.4, 0.5) is 17.3 Å². The third-order valence-corrected chi connectivity index (χ3v) is 5.75. The van der Waals surface area contributed by atoms with Crippen molar-refractivity contribution in [1.29, 1.82) is 0 Å². The Balaban J connectivity index is 1.64. The van der Waals surface area contributed by atoms with Crippen molar-refractivity contribution >= 4 is 46.3 Å². The van der Waals surface area contributed by atoms with Crippen LogP contribution in [0.5, 0.6) is 0 Å². The lowest BCUT2D eigenvalue weighted by Gasteiger charge is -2.30. The number of rotatable bonds is 5. The molecular formula is C22H22ClN5S. The van der Waals surface area contributed by atoms with E-state index in [0.29, 0.717) is 11.6 Å². The molecule has 3 heterocycles. The maximum atomic E-state index is 6.36. The zero-order valence-electron chi connectivity index (χ0n) is 16.4. The number of hydrogen-bond donors (Lipinski definition) is 1. The minimum absolute atomic E-state index is 0.658. The molecule has 1 N–H and O–H groups in total. The number of benzene rings is 1. The van der Waals surface area contributed by atoms with Crippen molar-refractivity contribution in [2.24, 2.45) is 0 Å². The lowest BCUT2D eigenvalue weighted by Crippen LogP contribution is -2.32. The van der Waals surface area contributed by atoms with E-state index in [0.717, 1.165) is 57.8 Å². The molecule has 0 atom stereocenters. The number of pyridine rings is 1. The molecule has 0 unspecified atom stereocenters. The number of nitrogens with zero attached hydrogens (tertiary/aromatic N) is 4. The smallest absolute Gasteiger partial charge is 0.189 e. The highest BCUT2D eigenvalue weighted by Gasteiger charge is 2.24. The van der Waals surface area contributed by atoms with Crippen molar-refractivity contribution in [3.63, 3.8) is 0 Å². The molecule has 0 saturated carbocycles. The van der Waals surface area contributed by atoms with Gasteiger partial charge in [0.15, 0.2) is 5.16 Å². The van der Waals surface area contributed by atoms with Gasteiger partial charge in [0, 0.05) is 24.0 Å². The Kier molecular flexibility index (Phi) is 5.74. The number of fused-ring (bicyclic) bond motifs is 1. The molecule has 0 amide bonds. The average Bonchev–Trinajstić information content (AvgIpc) is 2.74. The van der Waals surface area contributed by atoms with Crippen LogP contribution in [0.3, 0.4) is 0 Å². The summed E-state index contributed by atoms with van der Waals surface area (Å²) in [5.41, 5.74) is 5.34. The second-order valence-electron chi connectivity index (χ2n) is 6.95. The van der Waals surface area contributed by atoms with E-state index >= 15 is 0 Å². The molecule has 29 heavy (non-hydrogen) atoms. The van der Waals surface area contributed by atoms with Crippen LogP contribution in [0.25, 0.3) is 5.57 Å². The Hall–Kier alpha value is -2.57. The lowest BCUT2D eigenvalue weighted by atomic mass is 10.0. The summed E-state index contributed by atoms with van der Waals surface area (Å²) in [5, 5.41) is 4.89. The summed E-state index contributed by atoms with van der Waals surface area (Å²) in [4.78, 5) is 16.1. The summed E-state index contributed by atoms with van der Waals surface area (Å²) < 4.78 is 0. The van der Waals surface area contributed by atoms with Crippen LogP contribution < -0.4 is 10.2 Å². The van der Waals surface area contributed by atoms with Gasteiger partial charge >= 0.3 is 0 Å². The van der Waals surface area contributed by atoms with E-state index in [1.807, 2.05) is 25.3 Å². The number of nitrogens with one attached hydrogen (secondary N) is 1. The minimum Gasteiger partial charge on any atom is -0.349 e. The first kappa shape index (κ1) is 19.7. The second kappa shape index (κ2) is 8.43. The molecular weight excluding hydrogens is 402 g/mol. The monoisotopic (exact) mass is 423 g/mol. The van der Waals surface area contributed by atoms with Crippen LogP contribution in [-0.2, 0) is 13.0 Å². The molecule has 1 aliphatic heterocycles. The molecule has 1 aliphatic rings. The van der Waals surface area contributed by atoms with Gasteiger partial charge in [0.1, 0.15) is 11.6 Å². The van der Waals surface area contributed by atoms with Gasteiger partial charge in [-0.3, -0.25) is 0 Å². The van der Waals surface area contributed by atoms with E-state index in [-0.39, 0.29) is 0 Å². The topological polar surface area (TPSA) is 53.9 Å². The van der Waals surface area contributed by atoms with Crippen LogP contribution in [0.15, 0.2) is 54.3 Å². The van der Waals surface area contributed by atoms with Gasteiger partial charge in [-0.15, -0.1) is 0 Å². The average molecular weight is 424 g/mol. The molecule has 0 aliphatic carbocycles. The predicted octanol–water partition coefficient (Wildman–Crippen LogP) is 5.59. The van der Waals surface area contributed by atoms with E-state index in [2.05, 4.69) is 46.0 Å². The number of allylic oxidation sites excluding steroid dienone is 1. The molecule has 7 heteroatoms. The van der Waals surface area contributed by atoms with Gasteiger partial charge in [0.05, 0.1) is 17.3 Å². The van der Waals surface area contributed by atoms with E-state index in [1.54, 1.807) is 6.20 Å². The van der Waals surface area contributed by atoms with Crippen molar-refractivity contribution in [2.45, 2.75) is 25.0 Å². The summed E-state index contributed by atoms with van der Waals surface area (Å²) in [6, 6.07) is 12.0. The molecule has 3 aromatic rings. The normalized spacial score (nSPS) is 13.1. The fourth-order valence-electron chi connectivity index (χ4n) is 3.37. The number of aromatic nitrogens is 3. The fourth-order valence-corrected chi connectivity index (χ4v) is 3.99. The predicted molar refractivity (Wildman–Crippen MR) is 122 cm³/mol. The first-order chi connectivity index (χ1) is 14.0. The Bertz CT molecular complexity index is 1050. The zero-order chi connectivity index (χ0) is 20.4. The molecule has 0 bridgehead atoms. The van der Waals surface area contributed by atoms with Crippen molar-refractivity contribution in [2.75, 3.05) is 23.0 Å². The Morgan fingerprint density at radius 1 is 1.21 bits per heavy atom. The van der Waals surface area contributed by atoms with Crippen molar-refractivity contribution in [3.05, 3.63) is 71.0 Å². The number of hydrogen-bond acceptors (Lipinski definition) is 6. The van der Waals surface area contributed by atoms with E-state index in [4.69, 9.17) is 21.6 Å². The highest BCUT2D eigenvalue weighted by Crippen LogP contribution is 2.32. The van der Waals surface area contributed by atoms with Crippen LogP contribution in [0, 0.1) is 0 Å². The summed E-state index contributed by atoms with van der Waals surface area (Å²) in [6.45, 7) is 7.47. The van der Waals surface area contributed by atoms with Crippen LogP contribution in [0.2, 0.25) is 5.02 Å². The fraction of sp³-hybridized carbons (Fsp3) is 0.227. The molecule has 2 aromatic heterocycles. The Labute approximate surface area is 180 Å². The summed E-state index contributed by atoms with van der Waals surface area (Å²) in [5.74, 6) is 1.67. The van der Waals surface area contributed by atoms with Crippen LogP contribution in [-0.4, -0.2) is 27.8 Å². The van der Waals surface area contributed by atoms with Crippen LogP contribution in [0.1, 0.15) is 23.7 Å². The first-order valence-corrected chi connectivity index (χ1v) is 11.0. The van der Waals surface area contributed by atoms with E-state index in [9.17, 15) is 0 Å². The van der Waals surface area contributed by atoms with Gasteiger partial charge in [-0.25, -0.2) is 15.0 Å². The standard InChI is InChI=1S/C22H22ClN5S/c1-14(2)15-6-8-16(9-7-15)25-20-17-10-12-28(21-18(23)5-4-11-24-21)13-19(17)26-22(27-20)29-3/h4-9,11H,1,10,12-13H2,2-3H3,(H,25,26,27). The SMILES string of the molecule is C=C(C)c1ccc(Nc2nc(SC)nc3c2CCN(c2ncccc2Cl)C3)cc1. The Morgan fingerprint density at radius 2 is 2.00 bits per heavy atom. The van der Waals surface area contributed by atoms with E-state index in [1.165, 1.54) is 11.8 Å². The molecule has 1 aromatic carbocycles. The molecule has 0 saturated heterocycles. The third kappa shape index (κ3) is 4.23. The molecule has 5 nitrogen and oxygen atoms in total. The quantitative estimate of drug-likeness (QED) is 0.426. The van der Waals surface area contributed by atoms with Crippen molar-refractivity contribution in [3.8, 4) is 0 Å². The second-order valence-corrected chi connectivity index (χ2v) is 8.13. The molecule has 0 radical (unpaired) electrons. The van der Waals surface area contributed by atoms with E-state index < -0.39 is 0 Å². The molecule has 0 fully saturated rings. The lowest BCUT2D eigenvalue weighted by molar-refractivity contribution is 0.682. The first-order valence-electron chi connectivity index (χ1n) is 9.37. The molecule has 0 spiro atoms. The van der Waals surface area contributed by atoms with Gasteiger partial charge in [-0.05, 0) is 49.4 Å². The van der Waals surface area contributed by atoms with Gasteiger partial charge < -0.3 is 10.2 Å². The minimum atomic E-state index is 0.658. The summed E-state index contributed by atoms with van der Waals surface area (Å²) in [6.07, 6.45) is 4.58. The molecule has 148 valence electrons. The van der Waals surface area contributed by atoms with Gasteiger partial charge in [0.2, 0.25) is 0 Å². The van der Waals surface area contributed by atoms with Crippen molar-refractivity contribution < 1.29 is 0 Å². The number of halogens is 1. The summed E-state index contributed by atoms with van der Waals surface area (Å²) in [7, 11) is 0. The molecule has 4 rings (SSSR count). The maximum absolute atomic E-state index is 6.36. The van der Waals surface area contributed by atoms with Gasteiger partial charge in [-0.2, -0.15) is 0 Å². The zero-order valence-corrected chi connectivity index (χ0v) is 18.0. The highest BCUT2D eigenvalue weighted by atomic mass is 35.5.